The Labute approximate surface area is 142 Å². The van der Waals surface area contributed by atoms with Gasteiger partial charge in [0.05, 0.1) is 12.3 Å². The Morgan fingerprint density at radius 3 is 2.92 bits per heavy atom. The van der Waals surface area contributed by atoms with Crippen molar-refractivity contribution in [1.29, 1.82) is 0 Å². The number of carboxylic acid groups (broad SMARTS) is 1. The van der Waals surface area contributed by atoms with Crippen LogP contribution in [0.15, 0.2) is 29.6 Å². The van der Waals surface area contributed by atoms with E-state index in [0.717, 1.165) is 16.9 Å². The van der Waals surface area contributed by atoms with Crippen molar-refractivity contribution in [3.8, 4) is 23.1 Å². The van der Waals surface area contributed by atoms with Crippen molar-refractivity contribution in [2.45, 2.75) is 6.42 Å². The van der Waals surface area contributed by atoms with Crippen molar-refractivity contribution in [2.24, 2.45) is 5.41 Å². The van der Waals surface area contributed by atoms with Crippen LogP contribution in [0.1, 0.15) is 21.8 Å². The molecule has 2 heterocycles. The number of aliphatic hydroxyl groups excluding tert-OH is 1. The van der Waals surface area contributed by atoms with E-state index in [4.69, 9.17) is 5.11 Å². The van der Waals surface area contributed by atoms with E-state index >= 15 is 0 Å². The molecular formula is C17H14N2O4S. The molecule has 1 atom stereocenters. The number of hydrogen-bond acceptors (Lipinski definition) is 5. The number of nitrogens with zero attached hydrogens (tertiary/aromatic N) is 1. The number of aromatic nitrogens is 1. The zero-order valence-corrected chi connectivity index (χ0v) is 13.4. The minimum atomic E-state index is -1.06. The lowest BCUT2D eigenvalue weighted by Crippen LogP contribution is -2.33. The minimum Gasteiger partial charge on any atom is -0.476 e. The number of benzene rings is 1. The fraction of sp³-hybridized carbons (Fsp3) is 0.235. The molecule has 1 aliphatic rings. The third kappa shape index (κ3) is 3.02. The molecule has 122 valence electrons. The summed E-state index contributed by atoms with van der Waals surface area (Å²) in [6.45, 7) is 0.185. The van der Waals surface area contributed by atoms with E-state index in [-0.39, 0.29) is 17.5 Å². The van der Waals surface area contributed by atoms with Crippen molar-refractivity contribution in [3.63, 3.8) is 0 Å². The average Bonchev–Trinajstić information content (AvgIpc) is 3.21. The van der Waals surface area contributed by atoms with Crippen molar-refractivity contribution in [1.82, 2.24) is 10.3 Å². The highest BCUT2D eigenvalue weighted by Crippen LogP contribution is 2.26. The molecule has 1 saturated heterocycles. The van der Waals surface area contributed by atoms with Gasteiger partial charge in [-0.25, -0.2) is 9.78 Å². The molecule has 0 unspecified atom stereocenters. The molecule has 1 fully saturated rings. The molecule has 0 spiro atoms. The molecule has 7 heteroatoms. The van der Waals surface area contributed by atoms with Crippen LogP contribution in [0, 0.1) is 17.3 Å². The minimum absolute atomic E-state index is 0.0309. The highest BCUT2D eigenvalue weighted by Gasteiger charge is 2.40. The Morgan fingerprint density at radius 1 is 1.46 bits per heavy atom. The summed E-state index contributed by atoms with van der Waals surface area (Å²) in [6.07, 6.45) is 0.475. The first-order valence-electron chi connectivity index (χ1n) is 7.26. The van der Waals surface area contributed by atoms with E-state index in [9.17, 15) is 14.7 Å². The Balaban J connectivity index is 1.90. The second-order valence-corrected chi connectivity index (χ2v) is 6.28. The first-order valence-corrected chi connectivity index (χ1v) is 8.14. The van der Waals surface area contributed by atoms with Crippen LogP contribution in [0.3, 0.4) is 0 Å². The summed E-state index contributed by atoms with van der Waals surface area (Å²) in [5.74, 6) is 4.52. The van der Waals surface area contributed by atoms with Gasteiger partial charge in [0.2, 0.25) is 10.9 Å². The van der Waals surface area contributed by atoms with Crippen LogP contribution in [0.25, 0.3) is 11.3 Å². The normalized spacial score (nSPS) is 19.5. The van der Waals surface area contributed by atoms with Crippen LogP contribution in [-0.2, 0) is 4.79 Å². The number of aliphatic hydroxyl groups is 1. The molecule has 3 N–H and O–H groups in total. The van der Waals surface area contributed by atoms with E-state index in [1.807, 2.05) is 6.07 Å². The maximum absolute atomic E-state index is 11.9. The molecule has 0 radical (unpaired) electrons. The van der Waals surface area contributed by atoms with Crippen LogP contribution in [0.2, 0.25) is 0 Å². The number of amides is 1. The molecule has 3 rings (SSSR count). The zero-order valence-electron chi connectivity index (χ0n) is 12.6. The summed E-state index contributed by atoms with van der Waals surface area (Å²) in [4.78, 5) is 26.9. The molecular weight excluding hydrogens is 328 g/mol. The summed E-state index contributed by atoms with van der Waals surface area (Å²) < 4.78 is 0. The number of rotatable bonds is 3. The second kappa shape index (κ2) is 6.43. The molecule has 0 saturated carbocycles. The van der Waals surface area contributed by atoms with Gasteiger partial charge in [-0.3, -0.25) is 4.79 Å². The van der Waals surface area contributed by atoms with Gasteiger partial charge in [-0.05, 0) is 18.6 Å². The monoisotopic (exact) mass is 342 g/mol. The van der Waals surface area contributed by atoms with Gasteiger partial charge in [0, 0.05) is 23.1 Å². The standard InChI is InChI=1S/C17H14N2O4S/c20-10-17(6-7-18-16(17)23)5-4-11-2-1-3-12(8-11)13-9-24-14(19-13)15(21)22/h1-3,8-9,20H,6-7,10H2,(H,18,23)(H,21,22)/t17-/m0/s1. The van der Waals surface area contributed by atoms with Crippen LogP contribution >= 0.6 is 11.3 Å². The maximum Gasteiger partial charge on any atom is 0.365 e. The largest absolute Gasteiger partial charge is 0.476 e. The maximum atomic E-state index is 11.9. The van der Waals surface area contributed by atoms with E-state index in [2.05, 4.69) is 22.1 Å². The van der Waals surface area contributed by atoms with E-state index in [1.165, 1.54) is 0 Å². The van der Waals surface area contributed by atoms with Gasteiger partial charge in [0.25, 0.3) is 0 Å². The number of aromatic carboxylic acids is 1. The quantitative estimate of drug-likeness (QED) is 0.732. The average molecular weight is 342 g/mol. The van der Waals surface area contributed by atoms with Gasteiger partial charge in [-0.15, -0.1) is 11.3 Å². The van der Waals surface area contributed by atoms with E-state index in [1.54, 1.807) is 23.6 Å². The third-order valence-corrected chi connectivity index (χ3v) is 4.66. The van der Waals surface area contributed by atoms with E-state index < -0.39 is 11.4 Å². The molecule has 1 aliphatic heterocycles. The molecule has 0 aliphatic carbocycles. The molecule has 6 nitrogen and oxygen atoms in total. The van der Waals surface area contributed by atoms with Crippen LogP contribution in [0.4, 0.5) is 0 Å². The van der Waals surface area contributed by atoms with Crippen molar-refractivity contribution in [2.75, 3.05) is 13.2 Å². The van der Waals surface area contributed by atoms with Gasteiger partial charge in [0.1, 0.15) is 5.41 Å². The smallest absolute Gasteiger partial charge is 0.365 e. The Morgan fingerprint density at radius 2 is 2.29 bits per heavy atom. The van der Waals surface area contributed by atoms with Crippen LogP contribution in [-0.4, -0.2) is 40.2 Å². The van der Waals surface area contributed by atoms with Gasteiger partial charge in [-0.2, -0.15) is 0 Å². The summed E-state index contributed by atoms with van der Waals surface area (Å²) in [5.41, 5.74) is 0.938. The molecule has 1 amide bonds. The Hall–Kier alpha value is -2.69. The molecule has 2 aromatic rings. The highest BCUT2D eigenvalue weighted by molar-refractivity contribution is 7.11. The summed E-state index contributed by atoms with van der Waals surface area (Å²) in [7, 11) is 0. The van der Waals surface area contributed by atoms with Gasteiger partial charge in [0.15, 0.2) is 0 Å². The van der Waals surface area contributed by atoms with E-state index in [0.29, 0.717) is 24.2 Å². The van der Waals surface area contributed by atoms with Crippen molar-refractivity contribution >= 4 is 23.2 Å². The van der Waals surface area contributed by atoms with Gasteiger partial charge in [-0.1, -0.05) is 24.0 Å². The van der Waals surface area contributed by atoms with Crippen molar-refractivity contribution < 1.29 is 19.8 Å². The predicted molar refractivity (Wildman–Crippen MR) is 88.5 cm³/mol. The number of thiazole rings is 1. The number of carbonyl (C=O) groups excluding carboxylic acids is 1. The topological polar surface area (TPSA) is 99.5 Å². The molecule has 24 heavy (non-hydrogen) atoms. The molecule has 0 bridgehead atoms. The third-order valence-electron chi connectivity index (χ3n) is 3.83. The summed E-state index contributed by atoms with van der Waals surface area (Å²) >= 11 is 1.06. The Bertz CT molecular complexity index is 865. The number of carbonyl (C=O) groups is 2. The fourth-order valence-electron chi connectivity index (χ4n) is 2.43. The van der Waals surface area contributed by atoms with Gasteiger partial charge >= 0.3 is 5.97 Å². The first-order chi connectivity index (χ1) is 11.5. The number of hydrogen-bond donors (Lipinski definition) is 3. The van der Waals surface area contributed by atoms with Gasteiger partial charge < -0.3 is 15.5 Å². The zero-order chi connectivity index (χ0) is 17.2. The highest BCUT2D eigenvalue weighted by atomic mass is 32.1. The lowest BCUT2D eigenvalue weighted by Gasteiger charge is -2.15. The first kappa shape index (κ1) is 16.2. The fourth-order valence-corrected chi connectivity index (χ4v) is 3.10. The molecule has 1 aromatic heterocycles. The van der Waals surface area contributed by atoms with Crippen LogP contribution in [0.5, 0.6) is 0 Å². The number of carboxylic acids is 1. The van der Waals surface area contributed by atoms with Crippen molar-refractivity contribution in [3.05, 3.63) is 40.2 Å². The lowest BCUT2D eigenvalue weighted by molar-refractivity contribution is -0.126. The predicted octanol–water partition coefficient (Wildman–Crippen LogP) is 1.36. The molecule has 1 aromatic carbocycles. The summed E-state index contributed by atoms with van der Waals surface area (Å²) in [5, 5.41) is 22.9. The SMILES string of the molecule is O=C(O)c1nc(-c2cccc(C#C[C@@]3(CO)CCNC3=O)c2)cs1. The Kier molecular flexibility index (Phi) is 4.34. The summed E-state index contributed by atoms with van der Waals surface area (Å²) in [6, 6.07) is 7.18. The van der Waals surface area contributed by atoms with Crippen LogP contribution < -0.4 is 5.32 Å². The lowest BCUT2D eigenvalue weighted by atomic mass is 9.88. The number of nitrogens with one attached hydrogen (secondary N) is 1. The second-order valence-electron chi connectivity index (χ2n) is 5.42.